The first kappa shape index (κ1) is 13.6. The Bertz CT molecular complexity index is 835. The van der Waals surface area contributed by atoms with E-state index >= 15 is 0 Å². The molecule has 0 radical (unpaired) electrons. The summed E-state index contributed by atoms with van der Waals surface area (Å²) in [6.07, 6.45) is 4.55. The Morgan fingerprint density at radius 2 is 2.14 bits per heavy atom. The minimum atomic E-state index is -0.208. The van der Waals surface area contributed by atoms with Crippen LogP contribution in [0, 0.1) is 6.92 Å². The molecule has 2 heterocycles. The highest BCUT2D eigenvalue weighted by Crippen LogP contribution is 2.22. The van der Waals surface area contributed by atoms with Crippen molar-refractivity contribution in [1.29, 1.82) is 0 Å². The maximum Gasteiger partial charge on any atom is 0.221 e. The van der Waals surface area contributed by atoms with Crippen molar-refractivity contribution in [3.8, 4) is 0 Å². The number of ketones is 1. The molecule has 3 aromatic rings. The topological polar surface area (TPSA) is 43.1 Å². The van der Waals surface area contributed by atoms with E-state index < -0.39 is 0 Å². The minimum Gasteiger partial charge on any atom is -0.461 e. The van der Waals surface area contributed by atoms with E-state index in [1.54, 1.807) is 18.2 Å². The van der Waals surface area contributed by atoms with Crippen LogP contribution in [0.1, 0.15) is 21.7 Å². The van der Waals surface area contributed by atoms with Gasteiger partial charge in [0.25, 0.3) is 0 Å². The van der Waals surface area contributed by atoms with Crippen LogP contribution in [-0.4, -0.2) is 10.8 Å². The number of furan rings is 1. The number of hydrogen-bond donors (Lipinski definition) is 0. The zero-order valence-corrected chi connectivity index (χ0v) is 12.1. The van der Waals surface area contributed by atoms with E-state index in [0.717, 1.165) is 16.5 Å². The molecular weight excluding hydrogens is 286 g/mol. The molecule has 2 aromatic heterocycles. The summed E-state index contributed by atoms with van der Waals surface area (Å²) < 4.78 is 5.05. The third kappa shape index (κ3) is 2.88. The lowest BCUT2D eigenvalue weighted by molar-refractivity contribution is 0.102. The monoisotopic (exact) mass is 297 g/mol. The van der Waals surface area contributed by atoms with Crippen molar-refractivity contribution in [2.24, 2.45) is 0 Å². The molecule has 0 amide bonds. The second-order valence-electron chi connectivity index (χ2n) is 4.74. The fourth-order valence-electron chi connectivity index (χ4n) is 2.05. The Kier molecular flexibility index (Phi) is 3.59. The summed E-state index contributed by atoms with van der Waals surface area (Å²) >= 11 is 6.17. The molecule has 0 saturated heterocycles. The Hall–Kier alpha value is -2.39. The number of aryl methyl sites for hydroxylation is 1. The standard InChI is InChI=1S/C17H12ClNO2/c1-11-4-5-12-10-13(17(18)19-14(12)9-11)6-7-15(20)16-3-2-8-21-16/h2-10H,1H3/b7-6+. The molecule has 1 aromatic carbocycles. The zero-order chi connectivity index (χ0) is 14.8. The summed E-state index contributed by atoms with van der Waals surface area (Å²) in [6.45, 7) is 2.00. The van der Waals surface area contributed by atoms with Gasteiger partial charge in [-0.25, -0.2) is 4.98 Å². The molecule has 0 fully saturated rings. The molecule has 0 aliphatic rings. The zero-order valence-electron chi connectivity index (χ0n) is 11.3. The lowest BCUT2D eigenvalue weighted by atomic mass is 10.1. The molecule has 3 nitrogen and oxygen atoms in total. The van der Waals surface area contributed by atoms with Gasteiger partial charge >= 0.3 is 0 Å². The van der Waals surface area contributed by atoms with Crippen LogP contribution < -0.4 is 0 Å². The molecule has 0 unspecified atom stereocenters. The minimum absolute atomic E-state index is 0.208. The van der Waals surface area contributed by atoms with E-state index in [2.05, 4.69) is 4.98 Å². The summed E-state index contributed by atoms with van der Waals surface area (Å²) in [5.41, 5.74) is 2.67. The van der Waals surface area contributed by atoms with Crippen molar-refractivity contribution in [2.45, 2.75) is 6.92 Å². The van der Waals surface area contributed by atoms with Crippen molar-refractivity contribution in [3.05, 3.63) is 70.8 Å². The van der Waals surface area contributed by atoms with Crippen LogP contribution in [0.15, 0.2) is 53.2 Å². The number of benzene rings is 1. The van der Waals surface area contributed by atoms with Gasteiger partial charge in [0.1, 0.15) is 5.15 Å². The van der Waals surface area contributed by atoms with Gasteiger partial charge in [-0.05, 0) is 48.9 Å². The molecule has 0 atom stereocenters. The molecule has 4 heteroatoms. The van der Waals surface area contributed by atoms with Gasteiger partial charge in [-0.3, -0.25) is 4.79 Å². The lowest BCUT2D eigenvalue weighted by Crippen LogP contribution is -1.91. The average molecular weight is 298 g/mol. The van der Waals surface area contributed by atoms with Crippen molar-refractivity contribution in [3.63, 3.8) is 0 Å². The number of carbonyl (C=O) groups excluding carboxylic acids is 1. The van der Waals surface area contributed by atoms with Gasteiger partial charge in [0.2, 0.25) is 5.78 Å². The molecule has 21 heavy (non-hydrogen) atoms. The normalized spacial score (nSPS) is 11.3. The molecule has 0 N–H and O–H groups in total. The largest absolute Gasteiger partial charge is 0.461 e. The van der Waals surface area contributed by atoms with Gasteiger partial charge in [0.15, 0.2) is 5.76 Å². The van der Waals surface area contributed by atoms with E-state index in [1.165, 1.54) is 12.3 Å². The number of carbonyl (C=O) groups is 1. The van der Waals surface area contributed by atoms with Crippen molar-refractivity contribution < 1.29 is 9.21 Å². The lowest BCUT2D eigenvalue weighted by Gasteiger charge is -2.03. The van der Waals surface area contributed by atoms with Crippen molar-refractivity contribution >= 4 is 34.4 Å². The fraction of sp³-hybridized carbons (Fsp3) is 0.0588. The first-order chi connectivity index (χ1) is 10.1. The highest BCUT2D eigenvalue weighted by Gasteiger charge is 2.06. The first-order valence-corrected chi connectivity index (χ1v) is 6.84. The number of halogens is 1. The van der Waals surface area contributed by atoms with Crippen LogP contribution in [0.4, 0.5) is 0 Å². The number of hydrogen-bond acceptors (Lipinski definition) is 3. The smallest absolute Gasteiger partial charge is 0.221 e. The third-order valence-corrected chi connectivity index (χ3v) is 3.43. The van der Waals surface area contributed by atoms with Gasteiger partial charge in [-0.1, -0.05) is 23.7 Å². The maximum absolute atomic E-state index is 11.9. The fourth-order valence-corrected chi connectivity index (χ4v) is 2.26. The Morgan fingerprint density at radius 1 is 1.29 bits per heavy atom. The highest BCUT2D eigenvalue weighted by molar-refractivity contribution is 6.31. The molecule has 0 spiro atoms. The maximum atomic E-state index is 11.9. The van der Waals surface area contributed by atoms with E-state index in [4.69, 9.17) is 16.0 Å². The Morgan fingerprint density at radius 3 is 2.90 bits per heavy atom. The number of fused-ring (bicyclic) bond motifs is 1. The van der Waals surface area contributed by atoms with Gasteiger partial charge in [-0.2, -0.15) is 0 Å². The quantitative estimate of drug-likeness (QED) is 0.400. The number of allylic oxidation sites excluding steroid dienone is 1. The predicted molar refractivity (Wildman–Crippen MR) is 83.6 cm³/mol. The van der Waals surface area contributed by atoms with Crippen LogP contribution in [0.3, 0.4) is 0 Å². The Labute approximate surface area is 126 Å². The van der Waals surface area contributed by atoms with Gasteiger partial charge < -0.3 is 4.42 Å². The van der Waals surface area contributed by atoms with E-state index in [-0.39, 0.29) is 5.78 Å². The molecule has 0 bridgehead atoms. The van der Waals surface area contributed by atoms with Crippen molar-refractivity contribution in [1.82, 2.24) is 4.98 Å². The Balaban J connectivity index is 1.95. The van der Waals surface area contributed by atoms with Crippen molar-refractivity contribution in [2.75, 3.05) is 0 Å². The number of nitrogens with zero attached hydrogens (tertiary/aromatic N) is 1. The molecule has 3 rings (SSSR count). The van der Waals surface area contributed by atoms with Gasteiger partial charge in [0, 0.05) is 10.9 Å². The van der Waals surface area contributed by atoms with Gasteiger partial charge in [0.05, 0.1) is 11.8 Å². The highest BCUT2D eigenvalue weighted by atomic mass is 35.5. The first-order valence-electron chi connectivity index (χ1n) is 6.46. The molecule has 104 valence electrons. The number of rotatable bonds is 3. The molecule has 0 aliphatic heterocycles. The second kappa shape index (κ2) is 5.54. The summed E-state index contributed by atoms with van der Waals surface area (Å²) in [5.74, 6) is 0.0896. The van der Waals surface area contributed by atoms with Crippen LogP contribution in [0.2, 0.25) is 5.15 Å². The van der Waals surface area contributed by atoms with Crippen LogP contribution in [0.25, 0.3) is 17.0 Å². The predicted octanol–water partition coefficient (Wildman–Crippen LogP) is 4.69. The summed E-state index contributed by atoms with van der Waals surface area (Å²) in [4.78, 5) is 16.2. The third-order valence-electron chi connectivity index (χ3n) is 3.13. The van der Waals surface area contributed by atoms with E-state index in [9.17, 15) is 4.79 Å². The van der Waals surface area contributed by atoms with Crippen LogP contribution >= 0.6 is 11.6 Å². The van der Waals surface area contributed by atoms with E-state index in [1.807, 2.05) is 31.2 Å². The van der Waals surface area contributed by atoms with Crippen LogP contribution in [0.5, 0.6) is 0 Å². The summed E-state index contributed by atoms with van der Waals surface area (Å²) in [7, 11) is 0. The molecule has 0 saturated carbocycles. The van der Waals surface area contributed by atoms with E-state index in [0.29, 0.717) is 16.5 Å². The van der Waals surface area contributed by atoms with Gasteiger partial charge in [-0.15, -0.1) is 0 Å². The summed E-state index contributed by atoms with van der Waals surface area (Å²) in [6, 6.07) is 11.2. The second-order valence-corrected chi connectivity index (χ2v) is 5.10. The number of aromatic nitrogens is 1. The average Bonchev–Trinajstić information content (AvgIpc) is 2.99. The molecular formula is C17H12ClNO2. The molecule has 0 aliphatic carbocycles. The summed E-state index contributed by atoms with van der Waals surface area (Å²) in [5, 5.41) is 1.35. The van der Waals surface area contributed by atoms with Crippen LogP contribution in [-0.2, 0) is 0 Å². The SMILES string of the molecule is Cc1ccc2cc(/C=C/C(=O)c3ccco3)c(Cl)nc2c1. The number of pyridine rings is 1.